The Kier molecular flexibility index (Phi) is 5.27. The largest absolute Gasteiger partial charge is 0.465 e. The van der Waals surface area contributed by atoms with Crippen LogP contribution in [-0.4, -0.2) is 19.7 Å². The minimum Gasteiger partial charge on any atom is -0.465 e. The van der Waals surface area contributed by atoms with Gasteiger partial charge in [-0.3, -0.25) is 0 Å². The first-order valence-electron chi connectivity index (χ1n) is 6.59. The minimum absolute atomic E-state index is 0.370. The molecule has 1 unspecified atom stereocenters. The Morgan fingerprint density at radius 1 is 1.33 bits per heavy atom. The number of hydrogen-bond donors (Lipinski definition) is 0. The first kappa shape index (κ1) is 15.4. The highest BCUT2D eigenvalue weighted by Crippen LogP contribution is 2.27. The zero-order valence-electron chi connectivity index (χ0n) is 12.0. The molecule has 4 nitrogen and oxygen atoms in total. The monoisotopic (exact) mass is 301 g/mol. The van der Waals surface area contributed by atoms with E-state index in [1.54, 1.807) is 18.2 Å². The molecule has 0 spiro atoms. The summed E-state index contributed by atoms with van der Waals surface area (Å²) in [6, 6.07) is 11.3. The van der Waals surface area contributed by atoms with Crippen LogP contribution in [0.2, 0.25) is 0 Å². The number of hydrogen-bond acceptors (Lipinski definition) is 4. The van der Waals surface area contributed by atoms with Crippen LogP contribution in [0.5, 0.6) is 0 Å². The molecule has 0 saturated heterocycles. The SMILES string of the molecule is CCOPCc1cc(C#N)c2ccc(C(=O)OC)cc2c1. The van der Waals surface area contributed by atoms with Crippen LogP contribution in [0.1, 0.15) is 28.4 Å². The minimum atomic E-state index is -0.378. The topological polar surface area (TPSA) is 59.3 Å². The van der Waals surface area contributed by atoms with Crippen LogP contribution in [0.15, 0.2) is 30.3 Å². The second-order valence-corrected chi connectivity index (χ2v) is 5.37. The highest BCUT2D eigenvalue weighted by Gasteiger charge is 2.09. The number of nitriles is 1. The van der Waals surface area contributed by atoms with Crippen LogP contribution in [0, 0.1) is 11.3 Å². The van der Waals surface area contributed by atoms with E-state index in [-0.39, 0.29) is 5.97 Å². The maximum Gasteiger partial charge on any atom is 0.337 e. The second-order valence-electron chi connectivity index (χ2n) is 4.44. The second kappa shape index (κ2) is 7.17. The predicted octanol–water partition coefficient (Wildman–Crippen LogP) is 3.63. The summed E-state index contributed by atoms with van der Waals surface area (Å²) in [6.45, 7) is 2.64. The first-order chi connectivity index (χ1) is 10.2. The van der Waals surface area contributed by atoms with Gasteiger partial charge in [-0.15, -0.1) is 0 Å². The average Bonchev–Trinajstić information content (AvgIpc) is 2.52. The molecule has 2 aromatic rings. The third kappa shape index (κ3) is 3.58. The Hall–Kier alpha value is -1.95. The number of rotatable bonds is 5. The van der Waals surface area contributed by atoms with E-state index in [1.165, 1.54) is 7.11 Å². The lowest BCUT2D eigenvalue weighted by Crippen LogP contribution is -2.00. The number of methoxy groups -OCH3 is 1. The molecule has 0 bridgehead atoms. The zero-order valence-corrected chi connectivity index (χ0v) is 13.0. The number of ether oxygens (including phenoxy) is 1. The zero-order chi connectivity index (χ0) is 15.2. The van der Waals surface area contributed by atoms with Gasteiger partial charge in [-0.2, -0.15) is 5.26 Å². The van der Waals surface area contributed by atoms with Gasteiger partial charge in [-0.05, 0) is 41.5 Å². The molecule has 0 aromatic heterocycles. The third-order valence-corrected chi connectivity index (χ3v) is 4.12. The maximum absolute atomic E-state index is 11.6. The van der Waals surface area contributed by atoms with Crippen molar-refractivity contribution in [3.63, 3.8) is 0 Å². The Labute approximate surface area is 125 Å². The van der Waals surface area contributed by atoms with E-state index in [1.807, 2.05) is 19.1 Å². The molecule has 0 radical (unpaired) electrons. The fourth-order valence-corrected chi connectivity index (χ4v) is 2.78. The maximum atomic E-state index is 11.6. The van der Waals surface area contributed by atoms with Gasteiger partial charge in [-0.1, -0.05) is 12.1 Å². The van der Waals surface area contributed by atoms with Crippen LogP contribution < -0.4 is 0 Å². The van der Waals surface area contributed by atoms with E-state index in [9.17, 15) is 10.1 Å². The summed E-state index contributed by atoms with van der Waals surface area (Å²) in [5.41, 5.74) is 2.13. The van der Waals surface area contributed by atoms with Crippen molar-refractivity contribution in [2.24, 2.45) is 0 Å². The summed E-state index contributed by atoms with van der Waals surface area (Å²) in [6.07, 6.45) is 0.765. The quantitative estimate of drug-likeness (QED) is 0.481. The molecule has 0 saturated carbocycles. The summed E-state index contributed by atoms with van der Waals surface area (Å²) in [7, 11) is 1.72. The summed E-state index contributed by atoms with van der Waals surface area (Å²) >= 11 is 0. The van der Waals surface area contributed by atoms with E-state index < -0.39 is 0 Å². The lowest BCUT2D eigenvalue weighted by Gasteiger charge is -2.08. The van der Waals surface area contributed by atoms with Crippen LogP contribution >= 0.6 is 8.81 Å². The van der Waals surface area contributed by atoms with E-state index in [0.717, 1.165) is 22.5 Å². The molecule has 0 N–H and O–H groups in total. The lowest BCUT2D eigenvalue weighted by atomic mass is 10.00. The molecule has 0 fully saturated rings. The van der Waals surface area contributed by atoms with E-state index in [2.05, 4.69) is 6.07 Å². The van der Waals surface area contributed by atoms with Gasteiger partial charge in [0.15, 0.2) is 0 Å². The van der Waals surface area contributed by atoms with Crippen LogP contribution in [0.4, 0.5) is 0 Å². The van der Waals surface area contributed by atoms with Crippen molar-refractivity contribution < 1.29 is 14.1 Å². The van der Waals surface area contributed by atoms with Crippen molar-refractivity contribution in [1.82, 2.24) is 0 Å². The highest BCUT2D eigenvalue weighted by molar-refractivity contribution is 7.31. The highest BCUT2D eigenvalue weighted by atomic mass is 31.1. The van der Waals surface area contributed by atoms with Crippen molar-refractivity contribution in [3.05, 3.63) is 47.0 Å². The van der Waals surface area contributed by atoms with Gasteiger partial charge < -0.3 is 9.26 Å². The molecular weight excluding hydrogens is 285 g/mol. The number of esters is 1. The number of carbonyl (C=O) groups is 1. The Morgan fingerprint density at radius 3 is 2.81 bits per heavy atom. The molecule has 108 valence electrons. The Balaban J connectivity index is 2.45. The molecule has 0 aliphatic rings. The smallest absolute Gasteiger partial charge is 0.337 e. The lowest BCUT2D eigenvalue weighted by molar-refractivity contribution is 0.0601. The number of carbonyl (C=O) groups excluding carboxylic acids is 1. The Morgan fingerprint density at radius 2 is 2.14 bits per heavy atom. The van der Waals surface area contributed by atoms with Crippen molar-refractivity contribution in [2.75, 3.05) is 13.7 Å². The van der Waals surface area contributed by atoms with Crippen molar-refractivity contribution >= 4 is 25.5 Å². The van der Waals surface area contributed by atoms with Crippen molar-refractivity contribution in [2.45, 2.75) is 13.1 Å². The molecule has 5 heteroatoms. The standard InChI is InChI=1S/C16H16NO3P/c1-3-20-21-10-11-6-13-8-12(16(18)19-2)4-5-15(13)14(7-11)9-17/h4-8,21H,3,10H2,1-2H3. The molecule has 2 rings (SSSR count). The normalized spacial score (nSPS) is 10.9. The number of nitrogens with zero attached hydrogens (tertiary/aromatic N) is 1. The van der Waals surface area contributed by atoms with E-state index in [0.29, 0.717) is 26.5 Å². The van der Waals surface area contributed by atoms with Gasteiger partial charge >= 0.3 is 5.97 Å². The summed E-state index contributed by atoms with van der Waals surface area (Å²) in [5.74, 6) is -0.378. The van der Waals surface area contributed by atoms with Crippen molar-refractivity contribution in [3.8, 4) is 6.07 Å². The van der Waals surface area contributed by atoms with Gasteiger partial charge in [0.25, 0.3) is 0 Å². The van der Waals surface area contributed by atoms with Gasteiger partial charge in [0.05, 0.1) is 24.3 Å². The molecule has 0 aliphatic heterocycles. The predicted molar refractivity (Wildman–Crippen MR) is 83.6 cm³/mol. The average molecular weight is 301 g/mol. The third-order valence-electron chi connectivity index (χ3n) is 3.08. The van der Waals surface area contributed by atoms with Crippen LogP contribution in [-0.2, 0) is 15.4 Å². The fraction of sp³-hybridized carbons (Fsp3) is 0.250. The number of fused-ring (bicyclic) bond motifs is 1. The molecule has 2 aromatic carbocycles. The molecular formula is C16H16NO3P. The fourth-order valence-electron chi connectivity index (χ4n) is 2.11. The summed E-state index contributed by atoms with van der Waals surface area (Å²) in [4.78, 5) is 11.6. The van der Waals surface area contributed by atoms with E-state index in [4.69, 9.17) is 9.26 Å². The van der Waals surface area contributed by atoms with Gasteiger partial charge in [0, 0.05) is 21.6 Å². The molecule has 21 heavy (non-hydrogen) atoms. The summed E-state index contributed by atoms with van der Waals surface area (Å²) < 4.78 is 10.1. The van der Waals surface area contributed by atoms with Gasteiger partial charge in [-0.25, -0.2) is 4.79 Å². The van der Waals surface area contributed by atoms with Crippen molar-refractivity contribution in [1.29, 1.82) is 5.26 Å². The Bertz CT molecular complexity index is 706. The van der Waals surface area contributed by atoms with Crippen LogP contribution in [0.25, 0.3) is 10.8 Å². The van der Waals surface area contributed by atoms with Gasteiger partial charge in [0.1, 0.15) is 0 Å². The molecule has 0 heterocycles. The molecule has 0 amide bonds. The number of benzene rings is 2. The van der Waals surface area contributed by atoms with Gasteiger partial charge in [0.2, 0.25) is 0 Å². The van der Waals surface area contributed by atoms with Crippen LogP contribution in [0.3, 0.4) is 0 Å². The first-order valence-corrected chi connectivity index (χ1v) is 7.71. The van der Waals surface area contributed by atoms with E-state index >= 15 is 0 Å². The summed E-state index contributed by atoms with van der Waals surface area (Å²) in [5, 5.41) is 11.0. The molecule has 0 aliphatic carbocycles. The molecule has 1 atom stereocenters.